The third kappa shape index (κ3) is 2.89. The van der Waals surface area contributed by atoms with Crippen LogP contribution in [-0.2, 0) is 9.05 Å². The molecule has 1 aromatic heterocycles. The summed E-state index contributed by atoms with van der Waals surface area (Å²) in [6, 6.07) is 5.61. The lowest BCUT2D eigenvalue weighted by atomic mass is 10.1. The lowest BCUT2D eigenvalue weighted by Gasteiger charge is -2.13. The molecule has 1 heterocycles. The Balaban J connectivity index is 2.76. The van der Waals surface area contributed by atoms with Crippen molar-refractivity contribution in [3.63, 3.8) is 0 Å². The predicted molar refractivity (Wildman–Crippen MR) is 81.3 cm³/mol. The topological polar surface area (TPSA) is 64.8 Å². The zero-order valence-corrected chi connectivity index (χ0v) is 14.3. The van der Waals surface area contributed by atoms with Crippen LogP contribution in [0.15, 0.2) is 27.8 Å². The van der Waals surface area contributed by atoms with E-state index in [4.69, 9.17) is 10.7 Å². The van der Waals surface area contributed by atoms with E-state index >= 15 is 0 Å². The zero-order valence-electron chi connectivity index (χ0n) is 11.1. The van der Waals surface area contributed by atoms with Crippen molar-refractivity contribution < 1.29 is 8.42 Å². The summed E-state index contributed by atoms with van der Waals surface area (Å²) in [5.74, 6) is 0.467. The average Bonchev–Trinajstić information content (AvgIpc) is 2.76. The quantitative estimate of drug-likeness (QED) is 0.766. The van der Waals surface area contributed by atoms with Gasteiger partial charge in [-0.05, 0) is 32.9 Å². The summed E-state index contributed by atoms with van der Waals surface area (Å²) < 4.78 is 25.5. The highest BCUT2D eigenvalue weighted by Crippen LogP contribution is 2.31. The van der Waals surface area contributed by atoms with E-state index in [9.17, 15) is 8.42 Å². The highest BCUT2D eigenvalue weighted by atomic mass is 79.9. The molecule has 0 bridgehead atoms. The fourth-order valence-corrected chi connectivity index (χ4v) is 3.31. The summed E-state index contributed by atoms with van der Waals surface area (Å²) in [5.41, 5.74) is 1.81. The number of rotatable bonds is 3. The van der Waals surface area contributed by atoms with Crippen LogP contribution in [-0.4, -0.2) is 23.2 Å². The van der Waals surface area contributed by atoms with Gasteiger partial charge in [-0.15, -0.1) is 10.2 Å². The second kappa shape index (κ2) is 5.46. The van der Waals surface area contributed by atoms with E-state index in [1.807, 2.05) is 39.0 Å². The smallest absolute Gasteiger partial charge is 0.294 e. The molecule has 108 valence electrons. The molecule has 0 aliphatic rings. The number of hydrogen-bond donors (Lipinski definition) is 0. The Bertz CT molecular complexity index is 756. The molecule has 0 spiro atoms. The molecule has 0 saturated heterocycles. The molecule has 1 aromatic carbocycles. The van der Waals surface area contributed by atoms with Crippen LogP contribution >= 0.6 is 26.6 Å². The highest BCUT2D eigenvalue weighted by molar-refractivity contribution is 9.10. The van der Waals surface area contributed by atoms with Crippen LogP contribution in [0.5, 0.6) is 0 Å². The van der Waals surface area contributed by atoms with Gasteiger partial charge in [0.15, 0.2) is 5.82 Å². The summed E-state index contributed by atoms with van der Waals surface area (Å²) in [6.45, 7) is 5.65. The van der Waals surface area contributed by atoms with E-state index in [-0.39, 0.29) is 11.2 Å². The third-order valence-corrected chi connectivity index (χ3v) is 4.58. The molecular weight excluding hydrogens is 366 g/mol. The molecule has 0 fully saturated rings. The molecule has 0 aliphatic heterocycles. The Morgan fingerprint density at radius 1 is 1.30 bits per heavy atom. The molecule has 0 radical (unpaired) electrons. The predicted octanol–water partition coefficient (Wildman–Crippen LogP) is 3.52. The second-order valence-electron chi connectivity index (χ2n) is 4.69. The van der Waals surface area contributed by atoms with E-state index in [0.717, 1.165) is 15.6 Å². The molecule has 0 atom stereocenters. The van der Waals surface area contributed by atoms with Gasteiger partial charge >= 0.3 is 0 Å². The van der Waals surface area contributed by atoms with Crippen molar-refractivity contribution >= 4 is 35.7 Å². The number of aromatic nitrogens is 3. The Hall–Kier alpha value is -0.920. The Morgan fingerprint density at radius 2 is 1.95 bits per heavy atom. The van der Waals surface area contributed by atoms with E-state index in [1.165, 1.54) is 4.57 Å². The third-order valence-electron chi connectivity index (χ3n) is 2.76. The Morgan fingerprint density at radius 3 is 2.50 bits per heavy atom. The number of benzene rings is 1. The van der Waals surface area contributed by atoms with Gasteiger partial charge in [0.25, 0.3) is 14.2 Å². The minimum atomic E-state index is -3.94. The summed E-state index contributed by atoms with van der Waals surface area (Å²) in [5, 5.41) is 7.49. The van der Waals surface area contributed by atoms with Crippen molar-refractivity contribution in [2.75, 3.05) is 0 Å². The summed E-state index contributed by atoms with van der Waals surface area (Å²) >= 11 is 3.45. The lowest BCUT2D eigenvalue weighted by molar-refractivity contribution is 0.530. The molecule has 2 aromatic rings. The molecule has 0 unspecified atom stereocenters. The van der Waals surface area contributed by atoms with E-state index in [2.05, 4.69) is 26.1 Å². The van der Waals surface area contributed by atoms with Gasteiger partial charge in [0.2, 0.25) is 0 Å². The largest absolute Gasteiger partial charge is 0.296 e. The fraction of sp³-hybridized carbons (Fsp3) is 0.333. The normalized spacial score (nSPS) is 12.1. The van der Waals surface area contributed by atoms with Crippen LogP contribution in [0.2, 0.25) is 0 Å². The van der Waals surface area contributed by atoms with Crippen LogP contribution in [0.1, 0.15) is 25.5 Å². The van der Waals surface area contributed by atoms with Gasteiger partial charge in [0, 0.05) is 26.8 Å². The number of hydrogen-bond acceptors (Lipinski definition) is 4. The molecule has 0 saturated carbocycles. The molecule has 8 heteroatoms. The van der Waals surface area contributed by atoms with Crippen LogP contribution in [0.4, 0.5) is 0 Å². The van der Waals surface area contributed by atoms with Crippen molar-refractivity contribution in [1.29, 1.82) is 0 Å². The van der Waals surface area contributed by atoms with E-state index in [1.54, 1.807) is 0 Å². The molecule has 0 amide bonds. The van der Waals surface area contributed by atoms with Crippen molar-refractivity contribution in [2.24, 2.45) is 0 Å². The minimum Gasteiger partial charge on any atom is -0.294 e. The highest BCUT2D eigenvalue weighted by Gasteiger charge is 2.25. The van der Waals surface area contributed by atoms with Crippen LogP contribution < -0.4 is 0 Å². The van der Waals surface area contributed by atoms with Gasteiger partial charge in [-0.25, -0.2) is 8.42 Å². The number of nitrogens with zero attached hydrogens (tertiary/aromatic N) is 3. The van der Waals surface area contributed by atoms with Crippen LogP contribution in [0.25, 0.3) is 11.4 Å². The number of halogens is 2. The average molecular weight is 379 g/mol. The Kier molecular flexibility index (Phi) is 4.22. The molecule has 2 rings (SSSR count). The second-order valence-corrected chi connectivity index (χ2v) is 8.01. The van der Waals surface area contributed by atoms with E-state index < -0.39 is 9.05 Å². The number of aryl methyl sites for hydroxylation is 1. The van der Waals surface area contributed by atoms with Crippen molar-refractivity contribution in [3.05, 3.63) is 28.2 Å². The molecule has 0 N–H and O–H groups in total. The maximum Gasteiger partial charge on any atom is 0.296 e. The first-order chi connectivity index (χ1) is 9.21. The van der Waals surface area contributed by atoms with Gasteiger partial charge in [-0.1, -0.05) is 27.6 Å². The van der Waals surface area contributed by atoms with Crippen LogP contribution in [0, 0.1) is 6.92 Å². The van der Waals surface area contributed by atoms with E-state index in [0.29, 0.717) is 5.82 Å². The van der Waals surface area contributed by atoms with Gasteiger partial charge < -0.3 is 0 Å². The first-order valence-corrected chi connectivity index (χ1v) is 8.98. The SMILES string of the molecule is Cc1ccc(Br)c(-c2nnc(S(=O)(=O)Cl)n2C(C)C)c1. The first kappa shape index (κ1) is 15.5. The van der Waals surface area contributed by atoms with Gasteiger partial charge in [-0.3, -0.25) is 4.57 Å². The summed E-state index contributed by atoms with van der Waals surface area (Å²) in [6.07, 6.45) is 0. The monoisotopic (exact) mass is 377 g/mol. The standard InChI is InChI=1S/C12H13BrClN3O2S/c1-7(2)17-11(15-16-12(17)20(14,18)19)9-6-8(3)4-5-10(9)13/h4-7H,1-3H3. The minimum absolute atomic E-state index is 0.143. The summed E-state index contributed by atoms with van der Waals surface area (Å²) in [7, 11) is 1.47. The molecule has 5 nitrogen and oxygen atoms in total. The maximum absolute atomic E-state index is 11.6. The maximum atomic E-state index is 11.6. The molecular formula is C12H13BrClN3O2S. The van der Waals surface area contributed by atoms with Gasteiger partial charge in [0.1, 0.15) is 0 Å². The van der Waals surface area contributed by atoms with Crippen molar-refractivity contribution in [3.8, 4) is 11.4 Å². The Labute approximate surface area is 130 Å². The molecule has 20 heavy (non-hydrogen) atoms. The first-order valence-electron chi connectivity index (χ1n) is 5.88. The van der Waals surface area contributed by atoms with Gasteiger partial charge in [0.05, 0.1) is 0 Å². The lowest BCUT2D eigenvalue weighted by Crippen LogP contribution is -2.10. The zero-order chi connectivity index (χ0) is 15.1. The fourth-order valence-electron chi connectivity index (χ4n) is 1.90. The van der Waals surface area contributed by atoms with Crippen molar-refractivity contribution in [2.45, 2.75) is 32.0 Å². The van der Waals surface area contributed by atoms with Gasteiger partial charge in [-0.2, -0.15) is 0 Å². The summed E-state index contributed by atoms with van der Waals surface area (Å²) in [4.78, 5) is 0. The molecule has 0 aliphatic carbocycles. The van der Waals surface area contributed by atoms with Crippen LogP contribution in [0.3, 0.4) is 0 Å². The van der Waals surface area contributed by atoms with Crippen molar-refractivity contribution in [1.82, 2.24) is 14.8 Å².